The van der Waals surface area contributed by atoms with E-state index in [9.17, 15) is 9.90 Å². The summed E-state index contributed by atoms with van der Waals surface area (Å²) in [6.45, 7) is 0.745. The molecule has 7 nitrogen and oxygen atoms in total. The number of carbonyl (C=O) groups is 1. The molecule has 1 saturated heterocycles. The van der Waals surface area contributed by atoms with E-state index in [-0.39, 0.29) is 11.9 Å². The number of tetrazole rings is 1. The monoisotopic (exact) mass is 387 g/mol. The molecular weight excluding hydrogens is 362 g/mol. The van der Waals surface area contributed by atoms with Gasteiger partial charge in [-0.15, -0.1) is 10.2 Å². The molecule has 0 spiro atoms. The molecule has 0 saturated carbocycles. The molecule has 2 N–H and O–H groups in total. The van der Waals surface area contributed by atoms with Crippen molar-refractivity contribution in [3.05, 3.63) is 48.0 Å². The molecule has 1 aliphatic heterocycles. The molecule has 144 valence electrons. The van der Waals surface area contributed by atoms with E-state index < -0.39 is 6.10 Å². The molecule has 1 amide bonds. The van der Waals surface area contributed by atoms with Crippen molar-refractivity contribution in [2.24, 2.45) is 0 Å². The maximum atomic E-state index is 12.2. The third kappa shape index (κ3) is 6.18. The van der Waals surface area contributed by atoms with Crippen molar-refractivity contribution < 1.29 is 9.90 Å². The molecular formula is C19H25N5O2S. The van der Waals surface area contributed by atoms with E-state index in [1.54, 1.807) is 11.8 Å². The highest BCUT2D eigenvalue weighted by Gasteiger charge is 2.28. The number of benzene rings is 1. The Bertz CT molecular complexity index is 723. The van der Waals surface area contributed by atoms with Gasteiger partial charge in [-0.3, -0.25) is 4.79 Å². The van der Waals surface area contributed by atoms with Crippen LogP contribution in [0.25, 0.3) is 0 Å². The Kier molecular flexibility index (Phi) is 7.41. The smallest absolute Gasteiger partial charge is 0.230 e. The van der Waals surface area contributed by atoms with Gasteiger partial charge in [0.1, 0.15) is 0 Å². The van der Waals surface area contributed by atoms with Crippen LogP contribution in [0, 0.1) is 0 Å². The van der Waals surface area contributed by atoms with Crippen LogP contribution < -0.4 is 0 Å². The van der Waals surface area contributed by atoms with Gasteiger partial charge in [0.15, 0.2) is 0 Å². The molecule has 1 aromatic carbocycles. The highest BCUT2D eigenvalue weighted by atomic mass is 32.2. The number of aliphatic hydroxyl groups excluding tert-OH is 1. The summed E-state index contributed by atoms with van der Waals surface area (Å²) in [5.74, 6) is 1.10. The van der Waals surface area contributed by atoms with Crippen molar-refractivity contribution in [1.29, 1.82) is 0 Å². The largest absolute Gasteiger partial charge is 0.389 e. The van der Waals surface area contributed by atoms with Crippen molar-refractivity contribution in [3.8, 4) is 0 Å². The van der Waals surface area contributed by atoms with Crippen LogP contribution in [-0.4, -0.2) is 61.0 Å². The minimum atomic E-state index is -0.531. The number of thioether (sulfide) groups is 1. The number of unbranched alkanes of at least 4 members (excludes halogenated alkanes) is 1. The maximum absolute atomic E-state index is 12.2. The predicted molar refractivity (Wildman–Crippen MR) is 104 cm³/mol. The van der Waals surface area contributed by atoms with Crippen molar-refractivity contribution in [1.82, 2.24) is 25.5 Å². The molecule has 1 unspecified atom stereocenters. The number of rotatable bonds is 10. The molecule has 0 bridgehead atoms. The Labute approximate surface area is 163 Å². The van der Waals surface area contributed by atoms with Crippen molar-refractivity contribution in [3.63, 3.8) is 0 Å². The van der Waals surface area contributed by atoms with E-state index in [0.717, 1.165) is 37.1 Å². The van der Waals surface area contributed by atoms with E-state index >= 15 is 0 Å². The number of hydrogen-bond donors (Lipinski definition) is 2. The standard InChI is InChI=1S/C19H25N5O2S/c25-17(14-15-6-2-1-3-7-15)10-8-16-9-11-18(26)24(16)12-4-5-13-27-19-20-22-23-21-19/h1-3,6-8,10,16-17,25H,4-5,9,11-14H2,(H,20,21,22,23)/b10-8+/t16-,17?/m1/s1. The highest BCUT2D eigenvalue weighted by Crippen LogP contribution is 2.21. The number of nitrogens with zero attached hydrogens (tertiary/aromatic N) is 4. The number of nitrogens with one attached hydrogen (secondary N) is 1. The van der Waals surface area contributed by atoms with Crippen LogP contribution >= 0.6 is 11.8 Å². The van der Waals surface area contributed by atoms with Gasteiger partial charge in [0, 0.05) is 25.1 Å². The summed E-state index contributed by atoms with van der Waals surface area (Å²) < 4.78 is 0. The SMILES string of the molecule is O=C1CC[C@@H](/C=C/C(O)Cc2ccccc2)N1CCCCSc1nn[nH]n1. The first-order chi connectivity index (χ1) is 13.2. The van der Waals surface area contributed by atoms with Gasteiger partial charge in [-0.05, 0) is 30.0 Å². The Morgan fingerprint density at radius 1 is 1.33 bits per heavy atom. The van der Waals surface area contributed by atoms with Crippen molar-refractivity contribution in [2.75, 3.05) is 12.3 Å². The Morgan fingerprint density at radius 3 is 2.96 bits per heavy atom. The lowest BCUT2D eigenvalue weighted by Gasteiger charge is -2.22. The van der Waals surface area contributed by atoms with E-state index in [4.69, 9.17) is 0 Å². The average molecular weight is 388 g/mol. The predicted octanol–water partition coefficient (Wildman–Crippen LogP) is 2.22. The van der Waals surface area contributed by atoms with Gasteiger partial charge in [-0.2, -0.15) is 5.21 Å². The zero-order chi connectivity index (χ0) is 18.9. The topological polar surface area (TPSA) is 95.0 Å². The first-order valence-corrected chi connectivity index (χ1v) is 10.3. The number of aliphatic hydroxyl groups is 1. The fourth-order valence-corrected chi connectivity index (χ4v) is 3.92. The fraction of sp³-hybridized carbons (Fsp3) is 0.474. The van der Waals surface area contributed by atoms with Crippen LogP contribution in [0.15, 0.2) is 47.6 Å². The van der Waals surface area contributed by atoms with E-state index in [2.05, 4.69) is 20.6 Å². The van der Waals surface area contributed by atoms with Crippen LogP contribution in [0.2, 0.25) is 0 Å². The summed E-state index contributed by atoms with van der Waals surface area (Å²) in [6.07, 6.45) is 7.21. The third-order valence-electron chi connectivity index (χ3n) is 4.57. The second kappa shape index (κ2) is 10.2. The van der Waals surface area contributed by atoms with Gasteiger partial charge in [0.05, 0.1) is 12.1 Å². The lowest BCUT2D eigenvalue weighted by molar-refractivity contribution is -0.128. The molecule has 2 heterocycles. The lowest BCUT2D eigenvalue weighted by atomic mass is 10.1. The van der Waals surface area contributed by atoms with Crippen LogP contribution in [0.3, 0.4) is 0 Å². The second-order valence-corrected chi connectivity index (χ2v) is 7.65. The first-order valence-electron chi connectivity index (χ1n) is 9.28. The molecule has 27 heavy (non-hydrogen) atoms. The molecule has 1 fully saturated rings. The van der Waals surface area contributed by atoms with Crippen LogP contribution in [-0.2, 0) is 11.2 Å². The van der Waals surface area contributed by atoms with Crippen molar-refractivity contribution in [2.45, 2.75) is 49.4 Å². The Morgan fingerprint density at radius 2 is 2.19 bits per heavy atom. The molecule has 2 aromatic rings. The zero-order valence-electron chi connectivity index (χ0n) is 15.2. The number of H-pyrrole nitrogens is 1. The fourth-order valence-electron chi connectivity index (χ4n) is 3.19. The summed E-state index contributed by atoms with van der Waals surface area (Å²) in [5.41, 5.74) is 1.10. The van der Waals surface area contributed by atoms with Crippen molar-refractivity contribution >= 4 is 17.7 Å². The van der Waals surface area contributed by atoms with Crippen LogP contribution in [0.4, 0.5) is 0 Å². The van der Waals surface area contributed by atoms with Crippen LogP contribution in [0.5, 0.6) is 0 Å². The lowest BCUT2D eigenvalue weighted by Crippen LogP contribution is -2.33. The number of amides is 1. The maximum Gasteiger partial charge on any atom is 0.230 e. The number of hydrogen-bond acceptors (Lipinski definition) is 6. The Hall–Kier alpha value is -2.19. The molecule has 3 rings (SSSR count). The van der Waals surface area contributed by atoms with Gasteiger partial charge in [0.2, 0.25) is 11.1 Å². The number of carbonyl (C=O) groups excluding carboxylic acids is 1. The van der Waals surface area contributed by atoms with Gasteiger partial charge >= 0.3 is 0 Å². The van der Waals surface area contributed by atoms with E-state index in [0.29, 0.717) is 18.0 Å². The summed E-state index contributed by atoms with van der Waals surface area (Å²) in [7, 11) is 0. The second-order valence-electron chi connectivity index (χ2n) is 6.59. The quantitative estimate of drug-likeness (QED) is 0.369. The van der Waals surface area contributed by atoms with Gasteiger partial charge in [-0.25, -0.2) is 0 Å². The molecule has 2 atom stereocenters. The van der Waals surface area contributed by atoms with E-state index in [1.165, 1.54) is 0 Å². The molecule has 8 heteroatoms. The number of aromatic amines is 1. The molecule has 0 aliphatic carbocycles. The minimum absolute atomic E-state index is 0.0905. The molecule has 1 aromatic heterocycles. The highest BCUT2D eigenvalue weighted by molar-refractivity contribution is 7.99. The summed E-state index contributed by atoms with van der Waals surface area (Å²) in [4.78, 5) is 14.1. The van der Waals surface area contributed by atoms with Gasteiger partial charge in [-0.1, -0.05) is 54.2 Å². The van der Waals surface area contributed by atoms with Crippen LogP contribution in [0.1, 0.15) is 31.2 Å². The van der Waals surface area contributed by atoms with E-state index in [1.807, 2.05) is 47.4 Å². The normalized spacial score (nSPS) is 18.5. The molecule has 0 radical (unpaired) electrons. The van der Waals surface area contributed by atoms with Gasteiger partial charge in [0.25, 0.3) is 0 Å². The number of aromatic nitrogens is 4. The number of likely N-dealkylation sites (tertiary alicyclic amines) is 1. The third-order valence-corrected chi connectivity index (χ3v) is 5.49. The zero-order valence-corrected chi connectivity index (χ0v) is 16.0. The summed E-state index contributed by atoms with van der Waals surface area (Å²) >= 11 is 1.56. The average Bonchev–Trinajstić information content (AvgIpc) is 3.31. The summed E-state index contributed by atoms with van der Waals surface area (Å²) in [5, 5.41) is 24.7. The minimum Gasteiger partial charge on any atom is -0.389 e. The summed E-state index contributed by atoms with van der Waals surface area (Å²) in [6, 6.07) is 10.0. The molecule has 1 aliphatic rings. The van der Waals surface area contributed by atoms with Gasteiger partial charge < -0.3 is 10.0 Å². The Balaban J connectivity index is 1.41. The first kappa shape index (κ1) is 19.6.